The molecule has 4 nitrogen and oxygen atoms in total. The number of halogens is 6. The standard InChI is InChI=1S/C15H15Cl2F3N4S.HI/c1-21-14(22-6-5-9-10(16)3-2-4-11(9)17)23-7-13-24-12(8-25-13)15(18,19)20;/h2-4,8H,5-7H2,1H3,(H2,21,22,23);1H. The molecule has 0 aliphatic rings. The van der Waals surface area contributed by atoms with Crippen LogP contribution in [-0.4, -0.2) is 24.5 Å². The summed E-state index contributed by atoms with van der Waals surface area (Å²) < 4.78 is 37.6. The molecular formula is C15H16Cl2F3IN4S. The summed E-state index contributed by atoms with van der Waals surface area (Å²) in [5.41, 5.74) is -0.0610. The highest BCUT2D eigenvalue weighted by atomic mass is 127. The van der Waals surface area contributed by atoms with Crippen LogP contribution in [0.15, 0.2) is 28.6 Å². The van der Waals surface area contributed by atoms with Crippen molar-refractivity contribution in [2.45, 2.75) is 19.1 Å². The van der Waals surface area contributed by atoms with Crippen LogP contribution in [-0.2, 0) is 19.1 Å². The summed E-state index contributed by atoms with van der Waals surface area (Å²) in [6.45, 7) is 0.655. The molecule has 0 unspecified atom stereocenters. The first-order valence-electron chi connectivity index (χ1n) is 7.20. The van der Waals surface area contributed by atoms with Crippen molar-refractivity contribution in [1.82, 2.24) is 15.6 Å². The van der Waals surface area contributed by atoms with Gasteiger partial charge in [0.25, 0.3) is 0 Å². The zero-order chi connectivity index (χ0) is 18.4. The molecule has 0 aliphatic heterocycles. The van der Waals surface area contributed by atoms with Crippen LogP contribution in [0.2, 0.25) is 10.0 Å². The Morgan fingerprint density at radius 2 is 1.88 bits per heavy atom. The number of nitrogens with one attached hydrogen (secondary N) is 2. The van der Waals surface area contributed by atoms with Gasteiger partial charge in [-0.25, -0.2) is 4.98 Å². The van der Waals surface area contributed by atoms with Gasteiger partial charge < -0.3 is 10.6 Å². The lowest BCUT2D eigenvalue weighted by atomic mass is 10.1. The maximum atomic E-state index is 12.5. The van der Waals surface area contributed by atoms with E-state index >= 15 is 0 Å². The summed E-state index contributed by atoms with van der Waals surface area (Å²) >= 11 is 13.1. The average Bonchev–Trinajstić information content (AvgIpc) is 3.02. The van der Waals surface area contributed by atoms with Crippen LogP contribution in [0.1, 0.15) is 16.3 Å². The minimum Gasteiger partial charge on any atom is -0.356 e. The van der Waals surface area contributed by atoms with Gasteiger partial charge in [-0.2, -0.15) is 13.2 Å². The lowest BCUT2D eigenvalue weighted by Crippen LogP contribution is -2.37. The Morgan fingerprint density at radius 1 is 1.23 bits per heavy atom. The molecular weight excluding hydrogens is 523 g/mol. The number of hydrogen-bond acceptors (Lipinski definition) is 3. The summed E-state index contributed by atoms with van der Waals surface area (Å²) in [6, 6.07) is 5.29. The molecule has 0 aliphatic carbocycles. The Kier molecular flexibility index (Phi) is 9.42. The Bertz CT molecular complexity index is 732. The van der Waals surface area contributed by atoms with Crippen molar-refractivity contribution in [3.8, 4) is 0 Å². The van der Waals surface area contributed by atoms with Crippen molar-refractivity contribution in [3.05, 3.63) is 49.9 Å². The van der Waals surface area contributed by atoms with E-state index in [4.69, 9.17) is 23.2 Å². The van der Waals surface area contributed by atoms with Gasteiger partial charge in [0.05, 0.1) is 6.54 Å². The number of alkyl halides is 3. The van der Waals surface area contributed by atoms with Gasteiger partial charge in [-0.05, 0) is 24.1 Å². The Balaban J connectivity index is 0.00000338. The van der Waals surface area contributed by atoms with Crippen molar-refractivity contribution >= 4 is 64.5 Å². The number of thiazole rings is 1. The van der Waals surface area contributed by atoms with Gasteiger partial charge in [-0.15, -0.1) is 35.3 Å². The minimum absolute atomic E-state index is 0. The third kappa shape index (κ3) is 6.75. The summed E-state index contributed by atoms with van der Waals surface area (Å²) in [5.74, 6) is 0.451. The van der Waals surface area contributed by atoms with E-state index in [0.717, 1.165) is 22.3 Å². The van der Waals surface area contributed by atoms with E-state index < -0.39 is 11.9 Å². The molecule has 1 heterocycles. The van der Waals surface area contributed by atoms with E-state index in [0.29, 0.717) is 34.0 Å². The monoisotopic (exact) mass is 538 g/mol. The van der Waals surface area contributed by atoms with Crippen molar-refractivity contribution < 1.29 is 13.2 Å². The number of benzene rings is 1. The molecule has 0 atom stereocenters. The number of nitrogens with zero attached hydrogens (tertiary/aromatic N) is 2. The van der Waals surface area contributed by atoms with Crippen molar-refractivity contribution in [2.24, 2.45) is 4.99 Å². The van der Waals surface area contributed by atoms with E-state index in [1.807, 2.05) is 0 Å². The molecule has 2 rings (SSSR count). The number of hydrogen-bond donors (Lipinski definition) is 2. The fraction of sp³-hybridized carbons (Fsp3) is 0.333. The van der Waals surface area contributed by atoms with Gasteiger partial charge >= 0.3 is 6.18 Å². The average molecular weight is 539 g/mol. The first-order valence-corrected chi connectivity index (χ1v) is 8.84. The normalized spacial score (nSPS) is 11.8. The fourth-order valence-corrected chi connectivity index (χ4v) is 3.31. The number of aromatic nitrogens is 1. The van der Waals surface area contributed by atoms with Crippen LogP contribution in [0, 0.1) is 0 Å². The molecule has 11 heteroatoms. The van der Waals surface area contributed by atoms with E-state index in [2.05, 4.69) is 20.6 Å². The van der Waals surface area contributed by atoms with Crippen LogP contribution >= 0.6 is 58.5 Å². The van der Waals surface area contributed by atoms with E-state index in [-0.39, 0.29) is 30.5 Å². The molecule has 144 valence electrons. The predicted octanol–water partition coefficient (Wildman–Crippen LogP) is 4.99. The third-order valence-electron chi connectivity index (χ3n) is 3.20. The number of guanidine groups is 1. The minimum atomic E-state index is -4.43. The van der Waals surface area contributed by atoms with Gasteiger partial charge in [-0.3, -0.25) is 4.99 Å². The lowest BCUT2D eigenvalue weighted by Gasteiger charge is -2.12. The SMILES string of the molecule is CN=C(NCCc1c(Cl)cccc1Cl)NCc1nc(C(F)(F)F)cs1.I. The first-order chi connectivity index (χ1) is 11.8. The van der Waals surface area contributed by atoms with Gasteiger partial charge in [0.2, 0.25) is 0 Å². The Morgan fingerprint density at radius 3 is 2.42 bits per heavy atom. The molecule has 0 bridgehead atoms. The van der Waals surface area contributed by atoms with E-state index in [1.54, 1.807) is 25.2 Å². The maximum absolute atomic E-state index is 12.5. The highest BCUT2D eigenvalue weighted by Gasteiger charge is 2.33. The van der Waals surface area contributed by atoms with Crippen molar-refractivity contribution in [3.63, 3.8) is 0 Å². The van der Waals surface area contributed by atoms with Gasteiger partial charge in [0.1, 0.15) is 5.01 Å². The quantitative estimate of drug-likeness (QED) is 0.320. The smallest absolute Gasteiger partial charge is 0.356 e. The summed E-state index contributed by atoms with van der Waals surface area (Å²) in [6.07, 6.45) is -3.85. The van der Waals surface area contributed by atoms with E-state index in [9.17, 15) is 13.2 Å². The molecule has 0 radical (unpaired) electrons. The highest BCUT2D eigenvalue weighted by molar-refractivity contribution is 14.0. The summed E-state index contributed by atoms with van der Waals surface area (Å²) in [7, 11) is 1.57. The number of aliphatic imine (C=N–C) groups is 1. The van der Waals surface area contributed by atoms with Crippen LogP contribution in [0.25, 0.3) is 0 Å². The Hall–Kier alpha value is -0.780. The van der Waals surface area contributed by atoms with Gasteiger partial charge in [-0.1, -0.05) is 29.3 Å². The molecule has 26 heavy (non-hydrogen) atoms. The predicted molar refractivity (Wildman–Crippen MR) is 111 cm³/mol. The largest absolute Gasteiger partial charge is 0.434 e. The zero-order valence-corrected chi connectivity index (χ0v) is 18.2. The van der Waals surface area contributed by atoms with Crippen LogP contribution in [0.5, 0.6) is 0 Å². The molecule has 1 aromatic carbocycles. The second kappa shape index (κ2) is 10.5. The lowest BCUT2D eigenvalue weighted by molar-refractivity contribution is -0.140. The molecule has 0 fully saturated rings. The van der Waals surface area contributed by atoms with Crippen LogP contribution in [0.4, 0.5) is 13.2 Å². The van der Waals surface area contributed by atoms with Crippen molar-refractivity contribution in [2.75, 3.05) is 13.6 Å². The van der Waals surface area contributed by atoms with Crippen LogP contribution in [0.3, 0.4) is 0 Å². The van der Waals surface area contributed by atoms with E-state index in [1.165, 1.54) is 0 Å². The second-order valence-electron chi connectivity index (χ2n) is 4.93. The molecule has 2 aromatic rings. The van der Waals surface area contributed by atoms with Crippen molar-refractivity contribution in [1.29, 1.82) is 0 Å². The molecule has 0 saturated heterocycles. The molecule has 0 amide bonds. The molecule has 2 N–H and O–H groups in total. The van der Waals surface area contributed by atoms with Crippen LogP contribution < -0.4 is 10.6 Å². The first kappa shape index (κ1) is 23.3. The molecule has 0 spiro atoms. The highest BCUT2D eigenvalue weighted by Crippen LogP contribution is 2.30. The Labute approximate surface area is 180 Å². The topological polar surface area (TPSA) is 49.3 Å². The zero-order valence-electron chi connectivity index (χ0n) is 13.5. The second-order valence-corrected chi connectivity index (χ2v) is 6.68. The molecule has 1 aromatic heterocycles. The maximum Gasteiger partial charge on any atom is 0.434 e. The van der Waals surface area contributed by atoms with Gasteiger partial charge in [0, 0.05) is 29.0 Å². The third-order valence-corrected chi connectivity index (χ3v) is 4.76. The fourth-order valence-electron chi connectivity index (χ4n) is 1.98. The molecule has 0 saturated carbocycles. The number of rotatable bonds is 5. The summed E-state index contributed by atoms with van der Waals surface area (Å²) in [5, 5.41) is 8.46. The summed E-state index contributed by atoms with van der Waals surface area (Å²) in [4.78, 5) is 7.57. The van der Waals surface area contributed by atoms with Gasteiger partial charge in [0.15, 0.2) is 11.7 Å².